The Bertz CT molecular complexity index is 184. The van der Waals surface area contributed by atoms with Crippen LogP contribution in [0.25, 0.3) is 0 Å². The fourth-order valence-electron chi connectivity index (χ4n) is 3.02. The maximum atomic E-state index is 3.75. The molecule has 0 spiro atoms. The fraction of sp³-hybridized carbons (Fsp3) is 1.00. The summed E-state index contributed by atoms with van der Waals surface area (Å²) in [4.78, 5) is 2.62. The van der Waals surface area contributed by atoms with Gasteiger partial charge in [0.05, 0.1) is 0 Å². The molecule has 0 aromatic heterocycles. The van der Waals surface area contributed by atoms with Crippen molar-refractivity contribution in [2.45, 2.75) is 71.8 Å². The smallest absolute Gasteiger partial charge is 0.0107 e. The molecule has 0 aliphatic heterocycles. The Balaban J connectivity index is 2.13. The van der Waals surface area contributed by atoms with Crippen LogP contribution < -0.4 is 5.32 Å². The minimum atomic E-state index is 0.811. The van der Waals surface area contributed by atoms with Crippen LogP contribution in [-0.2, 0) is 0 Å². The first kappa shape index (κ1) is 16.0. The van der Waals surface area contributed by atoms with E-state index in [4.69, 9.17) is 0 Å². The van der Waals surface area contributed by atoms with Crippen LogP contribution in [0.2, 0.25) is 0 Å². The number of likely N-dealkylation sites (N-methyl/N-ethyl adjacent to an activating group) is 1. The largest absolute Gasteiger partial charge is 0.313 e. The van der Waals surface area contributed by atoms with Crippen LogP contribution >= 0.6 is 0 Å². The summed E-state index contributed by atoms with van der Waals surface area (Å²) in [7, 11) is 0. The predicted molar refractivity (Wildman–Crippen MR) is 81.1 cm³/mol. The van der Waals surface area contributed by atoms with Gasteiger partial charge in [-0.05, 0) is 25.3 Å². The zero-order chi connectivity index (χ0) is 13.2. The second-order valence-corrected chi connectivity index (χ2v) is 5.86. The summed E-state index contributed by atoms with van der Waals surface area (Å²) in [5, 5.41) is 3.75. The number of nitrogens with one attached hydrogen (secondary N) is 1. The van der Waals surface area contributed by atoms with Crippen LogP contribution in [0.3, 0.4) is 0 Å². The molecule has 0 bridgehead atoms. The Morgan fingerprint density at radius 2 is 1.72 bits per heavy atom. The second kappa shape index (κ2) is 9.80. The second-order valence-electron chi connectivity index (χ2n) is 5.86. The van der Waals surface area contributed by atoms with Gasteiger partial charge in [-0.1, -0.05) is 52.9 Å². The molecule has 1 N–H and O–H groups in total. The molecule has 1 aliphatic rings. The Morgan fingerprint density at radius 1 is 1.06 bits per heavy atom. The van der Waals surface area contributed by atoms with Gasteiger partial charge < -0.3 is 10.2 Å². The highest BCUT2D eigenvalue weighted by Gasteiger charge is 2.13. The first-order chi connectivity index (χ1) is 8.80. The lowest BCUT2D eigenvalue weighted by atomic mass is 9.95. The minimum absolute atomic E-state index is 0.811. The lowest BCUT2D eigenvalue weighted by Gasteiger charge is -2.27. The minimum Gasteiger partial charge on any atom is -0.313 e. The third-order valence-corrected chi connectivity index (χ3v) is 4.58. The van der Waals surface area contributed by atoms with Crippen molar-refractivity contribution in [3.8, 4) is 0 Å². The molecule has 1 aliphatic carbocycles. The van der Waals surface area contributed by atoms with E-state index in [1.165, 1.54) is 71.1 Å². The van der Waals surface area contributed by atoms with Crippen LogP contribution in [0.1, 0.15) is 65.7 Å². The Kier molecular flexibility index (Phi) is 8.70. The zero-order valence-electron chi connectivity index (χ0n) is 12.9. The van der Waals surface area contributed by atoms with E-state index in [9.17, 15) is 0 Å². The molecule has 1 fully saturated rings. The molecule has 0 aromatic rings. The van der Waals surface area contributed by atoms with Gasteiger partial charge in [0.25, 0.3) is 0 Å². The molecule has 1 saturated carbocycles. The fourth-order valence-corrected chi connectivity index (χ4v) is 3.02. The average Bonchev–Trinajstić information content (AvgIpc) is 2.44. The van der Waals surface area contributed by atoms with Gasteiger partial charge in [0.2, 0.25) is 0 Å². The Morgan fingerprint density at radius 3 is 2.28 bits per heavy atom. The molecule has 18 heavy (non-hydrogen) atoms. The van der Waals surface area contributed by atoms with Crippen molar-refractivity contribution in [1.82, 2.24) is 10.2 Å². The number of rotatable bonds is 9. The highest BCUT2D eigenvalue weighted by molar-refractivity contribution is 4.73. The maximum Gasteiger partial charge on any atom is 0.0107 e. The quantitative estimate of drug-likeness (QED) is 0.675. The number of nitrogens with zero attached hydrogens (tertiary/aromatic N) is 1. The molecule has 2 nitrogen and oxygen atoms in total. The lowest BCUT2D eigenvalue weighted by Crippen LogP contribution is -2.39. The van der Waals surface area contributed by atoms with E-state index < -0.39 is 0 Å². The molecule has 0 atom stereocenters. The van der Waals surface area contributed by atoms with E-state index in [-0.39, 0.29) is 0 Å². The van der Waals surface area contributed by atoms with Crippen LogP contribution in [0.15, 0.2) is 0 Å². The first-order valence-electron chi connectivity index (χ1n) is 8.25. The van der Waals surface area contributed by atoms with Gasteiger partial charge in [-0.2, -0.15) is 0 Å². The first-order valence-corrected chi connectivity index (χ1v) is 8.25. The number of hydrogen-bond acceptors (Lipinski definition) is 2. The molecule has 2 heteroatoms. The highest BCUT2D eigenvalue weighted by Crippen LogP contribution is 2.17. The third kappa shape index (κ3) is 6.19. The van der Waals surface area contributed by atoms with Crippen molar-refractivity contribution in [3.05, 3.63) is 0 Å². The van der Waals surface area contributed by atoms with Crippen molar-refractivity contribution < 1.29 is 0 Å². The van der Waals surface area contributed by atoms with Gasteiger partial charge in [-0.25, -0.2) is 0 Å². The predicted octanol–water partition coefficient (Wildman–Crippen LogP) is 3.67. The Labute approximate surface area is 115 Å². The summed E-state index contributed by atoms with van der Waals surface area (Å²) >= 11 is 0. The molecule has 0 amide bonds. The van der Waals surface area contributed by atoms with Crippen LogP contribution in [0, 0.1) is 5.92 Å². The highest BCUT2D eigenvalue weighted by atomic mass is 15.1. The van der Waals surface area contributed by atoms with Crippen molar-refractivity contribution in [2.75, 3.05) is 26.2 Å². The van der Waals surface area contributed by atoms with Gasteiger partial charge in [0.1, 0.15) is 0 Å². The normalized spacial score (nSPS) is 17.8. The standard InChI is InChI=1S/C16H34N2/c1-4-15(5-2)14-18(6-3)13-12-17-16-10-8-7-9-11-16/h15-17H,4-14H2,1-3H3. The summed E-state index contributed by atoms with van der Waals surface area (Å²) in [6.07, 6.45) is 9.77. The molecule has 0 unspecified atom stereocenters. The maximum absolute atomic E-state index is 3.75. The molecule has 1 rings (SSSR count). The van der Waals surface area contributed by atoms with Gasteiger partial charge >= 0.3 is 0 Å². The topological polar surface area (TPSA) is 15.3 Å². The van der Waals surface area contributed by atoms with Crippen LogP contribution in [0.4, 0.5) is 0 Å². The molecular formula is C16H34N2. The lowest BCUT2D eigenvalue weighted by molar-refractivity contribution is 0.227. The van der Waals surface area contributed by atoms with E-state index in [2.05, 4.69) is 31.0 Å². The van der Waals surface area contributed by atoms with Crippen molar-refractivity contribution in [2.24, 2.45) is 5.92 Å². The molecule has 0 radical (unpaired) electrons. The van der Waals surface area contributed by atoms with Crippen molar-refractivity contribution >= 4 is 0 Å². The SMILES string of the molecule is CCC(CC)CN(CC)CCNC1CCCCC1. The summed E-state index contributed by atoms with van der Waals surface area (Å²) in [5.74, 6) is 0.889. The number of hydrogen-bond donors (Lipinski definition) is 1. The summed E-state index contributed by atoms with van der Waals surface area (Å²) in [6, 6.07) is 0.811. The van der Waals surface area contributed by atoms with Crippen LogP contribution in [-0.4, -0.2) is 37.1 Å². The third-order valence-electron chi connectivity index (χ3n) is 4.58. The van der Waals surface area contributed by atoms with Gasteiger partial charge in [0.15, 0.2) is 0 Å². The van der Waals surface area contributed by atoms with E-state index >= 15 is 0 Å². The van der Waals surface area contributed by atoms with E-state index in [0.717, 1.165) is 12.0 Å². The zero-order valence-corrected chi connectivity index (χ0v) is 12.9. The molecule has 108 valence electrons. The summed E-state index contributed by atoms with van der Waals surface area (Å²) in [6.45, 7) is 11.8. The van der Waals surface area contributed by atoms with E-state index in [0.29, 0.717) is 0 Å². The van der Waals surface area contributed by atoms with Crippen LogP contribution in [0.5, 0.6) is 0 Å². The Hall–Kier alpha value is -0.0800. The van der Waals surface area contributed by atoms with Crippen molar-refractivity contribution in [3.63, 3.8) is 0 Å². The molecule has 0 aromatic carbocycles. The summed E-state index contributed by atoms with van der Waals surface area (Å²) < 4.78 is 0. The van der Waals surface area contributed by atoms with E-state index in [1.807, 2.05) is 0 Å². The monoisotopic (exact) mass is 254 g/mol. The van der Waals surface area contributed by atoms with Gasteiger partial charge in [-0.15, -0.1) is 0 Å². The van der Waals surface area contributed by atoms with Gasteiger partial charge in [-0.3, -0.25) is 0 Å². The van der Waals surface area contributed by atoms with Gasteiger partial charge in [0, 0.05) is 25.7 Å². The molecule has 0 saturated heterocycles. The molecule has 0 heterocycles. The molecular weight excluding hydrogens is 220 g/mol. The van der Waals surface area contributed by atoms with E-state index in [1.54, 1.807) is 0 Å². The summed E-state index contributed by atoms with van der Waals surface area (Å²) in [5.41, 5.74) is 0. The van der Waals surface area contributed by atoms with Crippen molar-refractivity contribution in [1.29, 1.82) is 0 Å². The average molecular weight is 254 g/mol.